The summed E-state index contributed by atoms with van der Waals surface area (Å²) in [7, 11) is 1.62. The second-order valence-corrected chi connectivity index (χ2v) is 7.93. The maximum atomic E-state index is 5.56. The van der Waals surface area contributed by atoms with Crippen molar-refractivity contribution in [3.63, 3.8) is 0 Å². The van der Waals surface area contributed by atoms with Gasteiger partial charge >= 0.3 is 0 Å². The summed E-state index contributed by atoms with van der Waals surface area (Å²) >= 11 is 0. The molecule has 0 amide bonds. The lowest BCUT2D eigenvalue weighted by atomic mass is 9.76. The van der Waals surface area contributed by atoms with E-state index in [0.717, 1.165) is 36.6 Å². The van der Waals surface area contributed by atoms with Gasteiger partial charge in [-0.05, 0) is 44.4 Å². The first-order valence-corrected chi connectivity index (χ1v) is 10.2. The Balaban J connectivity index is 1.57. The molecule has 4 aromatic rings. The number of benzene rings is 1. The zero-order valence-electron chi connectivity index (χ0n) is 17.4. The highest BCUT2D eigenvalue weighted by Crippen LogP contribution is 2.39. The zero-order valence-corrected chi connectivity index (χ0v) is 17.4. The van der Waals surface area contributed by atoms with E-state index in [9.17, 15) is 0 Å². The molecule has 1 aromatic carbocycles. The first-order chi connectivity index (χ1) is 14.6. The fraction of sp³-hybridized carbons (Fsp3) is 0.304. The number of fused-ring (bicyclic) bond motifs is 1. The maximum Gasteiger partial charge on any atom is 0.238 e. The highest BCUT2D eigenvalue weighted by Gasteiger charge is 2.37. The number of rotatable bonds is 4. The van der Waals surface area contributed by atoms with Gasteiger partial charge in [0, 0.05) is 12.7 Å². The smallest absolute Gasteiger partial charge is 0.238 e. The van der Waals surface area contributed by atoms with E-state index in [0.29, 0.717) is 17.4 Å². The molecule has 1 atom stereocenters. The van der Waals surface area contributed by atoms with Crippen molar-refractivity contribution in [1.29, 1.82) is 0 Å². The Morgan fingerprint density at radius 1 is 1.07 bits per heavy atom. The van der Waals surface area contributed by atoms with Crippen molar-refractivity contribution in [3.05, 3.63) is 72.1 Å². The van der Waals surface area contributed by atoms with Crippen molar-refractivity contribution in [1.82, 2.24) is 29.3 Å². The van der Waals surface area contributed by atoms with Crippen molar-refractivity contribution < 1.29 is 4.74 Å². The SMILES string of the molecule is COc1nc(-c2nc3n(n2)CCC[C@@]3(C)c2ccccc2)ccc1-n1cnc(C)c1. The molecular weight excluding hydrogens is 376 g/mol. The van der Waals surface area contributed by atoms with Crippen molar-refractivity contribution in [2.45, 2.75) is 38.6 Å². The van der Waals surface area contributed by atoms with Crippen LogP contribution in [0, 0.1) is 6.92 Å². The lowest BCUT2D eigenvalue weighted by Gasteiger charge is -2.33. The fourth-order valence-corrected chi connectivity index (χ4v) is 4.25. The number of hydrogen-bond donors (Lipinski definition) is 0. The van der Waals surface area contributed by atoms with E-state index < -0.39 is 0 Å². The van der Waals surface area contributed by atoms with Crippen LogP contribution in [0.3, 0.4) is 0 Å². The van der Waals surface area contributed by atoms with Crippen molar-refractivity contribution in [3.8, 4) is 23.1 Å². The zero-order chi connectivity index (χ0) is 20.7. The minimum Gasteiger partial charge on any atom is -0.479 e. The molecule has 0 radical (unpaired) electrons. The highest BCUT2D eigenvalue weighted by molar-refractivity contribution is 5.56. The van der Waals surface area contributed by atoms with Crippen LogP contribution in [0.15, 0.2) is 55.0 Å². The summed E-state index contributed by atoms with van der Waals surface area (Å²) in [6.07, 6.45) is 5.81. The molecular formula is C23H24N6O. The molecule has 0 bridgehead atoms. The number of methoxy groups -OCH3 is 1. The average molecular weight is 400 g/mol. The van der Waals surface area contributed by atoms with Crippen LogP contribution < -0.4 is 4.74 Å². The molecule has 0 N–H and O–H groups in total. The van der Waals surface area contributed by atoms with Crippen LogP contribution in [0.1, 0.15) is 36.8 Å². The second kappa shape index (κ2) is 7.09. The summed E-state index contributed by atoms with van der Waals surface area (Å²) in [5, 5.41) is 4.79. The first-order valence-electron chi connectivity index (χ1n) is 10.2. The topological polar surface area (TPSA) is 70.7 Å². The Labute approximate surface area is 175 Å². The van der Waals surface area contributed by atoms with Crippen molar-refractivity contribution in [2.75, 3.05) is 7.11 Å². The van der Waals surface area contributed by atoms with Gasteiger partial charge in [0.2, 0.25) is 5.88 Å². The number of aromatic nitrogens is 6. The number of aryl methyl sites for hydroxylation is 2. The molecule has 0 saturated carbocycles. The molecule has 0 spiro atoms. The van der Waals surface area contributed by atoms with Gasteiger partial charge in [0.05, 0.1) is 24.5 Å². The summed E-state index contributed by atoms with van der Waals surface area (Å²) in [6.45, 7) is 5.08. The van der Waals surface area contributed by atoms with Crippen LogP contribution in [0.5, 0.6) is 5.88 Å². The third kappa shape index (κ3) is 2.98. The molecule has 0 fully saturated rings. The van der Waals surface area contributed by atoms with Gasteiger partial charge in [-0.2, -0.15) is 0 Å². The van der Waals surface area contributed by atoms with Crippen molar-refractivity contribution in [2.24, 2.45) is 0 Å². The van der Waals surface area contributed by atoms with E-state index in [1.165, 1.54) is 5.56 Å². The molecule has 5 rings (SSSR count). The molecule has 3 aromatic heterocycles. The number of hydrogen-bond acceptors (Lipinski definition) is 5. The van der Waals surface area contributed by atoms with Gasteiger partial charge in [0.25, 0.3) is 0 Å². The van der Waals surface area contributed by atoms with Gasteiger partial charge in [0.15, 0.2) is 5.82 Å². The lowest BCUT2D eigenvalue weighted by Crippen LogP contribution is -2.32. The quantitative estimate of drug-likeness (QED) is 0.519. The number of imidazole rings is 1. The maximum absolute atomic E-state index is 5.56. The van der Waals surface area contributed by atoms with Crippen LogP contribution in [0.4, 0.5) is 0 Å². The molecule has 7 heteroatoms. The van der Waals surface area contributed by atoms with Crippen molar-refractivity contribution >= 4 is 0 Å². The van der Waals surface area contributed by atoms with Gasteiger partial charge in [-0.3, -0.25) is 0 Å². The van der Waals surface area contributed by atoms with Gasteiger partial charge in [0.1, 0.15) is 17.2 Å². The number of nitrogens with zero attached hydrogens (tertiary/aromatic N) is 6. The van der Waals surface area contributed by atoms with E-state index in [2.05, 4.69) is 36.2 Å². The normalized spacial score (nSPS) is 18.2. The van der Waals surface area contributed by atoms with E-state index in [4.69, 9.17) is 19.8 Å². The summed E-state index contributed by atoms with van der Waals surface area (Å²) in [5.41, 5.74) is 3.57. The Hall–Kier alpha value is -3.48. The van der Waals surface area contributed by atoms with Gasteiger partial charge in [-0.25, -0.2) is 19.6 Å². The van der Waals surface area contributed by atoms with Crippen LogP contribution in [0.25, 0.3) is 17.2 Å². The molecule has 30 heavy (non-hydrogen) atoms. The average Bonchev–Trinajstić information content (AvgIpc) is 3.41. The van der Waals surface area contributed by atoms with Gasteiger partial charge < -0.3 is 9.30 Å². The summed E-state index contributed by atoms with van der Waals surface area (Å²) in [5.74, 6) is 2.13. The lowest BCUT2D eigenvalue weighted by molar-refractivity contribution is 0.357. The molecule has 152 valence electrons. The third-order valence-corrected chi connectivity index (χ3v) is 5.88. The summed E-state index contributed by atoms with van der Waals surface area (Å²) in [6, 6.07) is 14.5. The molecule has 1 aliphatic heterocycles. The molecule has 7 nitrogen and oxygen atoms in total. The predicted molar refractivity (Wildman–Crippen MR) is 114 cm³/mol. The minimum absolute atomic E-state index is 0.164. The minimum atomic E-state index is -0.164. The monoisotopic (exact) mass is 400 g/mol. The summed E-state index contributed by atoms with van der Waals surface area (Å²) in [4.78, 5) is 13.9. The largest absolute Gasteiger partial charge is 0.479 e. The molecule has 0 saturated heterocycles. The van der Waals surface area contributed by atoms with Gasteiger partial charge in [-0.1, -0.05) is 30.3 Å². The van der Waals surface area contributed by atoms with Crippen LogP contribution in [0.2, 0.25) is 0 Å². The Bertz CT molecular complexity index is 1200. The Morgan fingerprint density at radius 2 is 1.90 bits per heavy atom. The van der Waals surface area contributed by atoms with Gasteiger partial charge in [-0.15, -0.1) is 5.10 Å². The first kappa shape index (κ1) is 18.5. The third-order valence-electron chi connectivity index (χ3n) is 5.88. The van der Waals surface area contributed by atoms with Crippen LogP contribution in [-0.2, 0) is 12.0 Å². The summed E-state index contributed by atoms with van der Waals surface area (Å²) < 4.78 is 9.50. The standard InChI is InChI=1S/C23H24N6O/c1-16-14-28(15-24-16)19-11-10-18(25-21(19)30-3)20-26-22-23(2,12-7-13-29(22)27-20)17-8-5-4-6-9-17/h4-6,8-11,14-15H,7,12-13H2,1-3H3/t23-/m0/s1. The Morgan fingerprint density at radius 3 is 2.63 bits per heavy atom. The second-order valence-electron chi connectivity index (χ2n) is 7.93. The Kier molecular flexibility index (Phi) is 4.38. The van der Waals surface area contributed by atoms with Crippen LogP contribution >= 0.6 is 0 Å². The highest BCUT2D eigenvalue weighted by atomic mass is 16.5. The predicted octanol–water partition coefficient (Wildman–Crippen LogP) is 3.94. The number of pyridine rings is 1. The fourth-order valence-electron chi connectivity index (χ4n) is 4.25. The van der Waals surface area contributed by atoms with Crippen LogP contribution in [-0.4, -0.2) is 36.4 Å². The molecule has 0 aliphatic carbocycles. The molecule has 1 aliphatic rings. The van der Waals surface area contributed by atoms with E-state index in [1.807, 2.05) is 40.6 Å². The van der Waals surface area contributed by atoms with E-state index in [1.54, 1.807) is 13.4 Å². The molecule has 0 unspecified atom stereocenters. The molecule has 4 heterocycles. The van der Waals surface area contributed by atoms with E-state index in [-0.39, 0.29) is 5.41 Å². The number of ether oxygens (including phenoxy) is 1. The van der Waals surface area contributed by atoms with E-state index >= 15 is 0 Å².